The second-order valence-corrected chi connectivity index (χ2v) is 7.88. The minimum atomic E-state index is -3.67. The van der Waals surface area contributed by atoms with Crippen LogP contribution in [-0.2, 0) is 16.6 Å². The molecule has 1 aromatic rings. The van der Waals surface area contributed by atoms with E-state index in [1.54, 1.807) is 0 Å². The molecule has 0 saturated carbocycles. The molecule has 1 aliphatic heterocycles. The molecule has 0 amide bonds. The minimum absolute atomic E-state index is 0.00747. The van der Waals surface area contributed by atoms with Crippen molar-refractivity contribution in [1.82, 2.24) is 4.31 Å². The third kappa shape index (κ3) is 3.37. The molecule has 1 heterocycles. The molecule has 2 rings (SSSR count). The molecule has 1 N–H and O–H groups in total. The van der Waals surface area contributed by atoms with E-state index in [9.17, 15) is 13.5 Å². The quantitative estimate of drug-likeness (QED) is 0.903. The number of benzene rings is 1. The van der Waals surface area contributed by atoms with Crippen molar-refractivity contribution >= 4 is 33.2 Å². The standard InChI is InChI=1S/C14H19Cl2NO3S/c1-2-11-5-3-4-6-17(11)21(19,20)14-7-10(9-18)12(15)8-13(14)16/h7-8,11,18H,2-6,9H2,1H3. The van der Waals surface area contributed by atoms with Gasteiger partial charge >= 0.3 is 0 Å². The highest BCUT2D eigenvalue weighted by Gasteiger charge is 2.34. The Labute approximate surface area is 135 Å². The number of piperidine rings is 1. The summed E-state index contributed by atoms with van der Waals surface area (Å²) in [7, 11) is -3.67. The third-order valence-corrected chi connectivity index (χ3v) is 6.67. The van der Waals surface area contributed by atoms with Gasteiger partial charge in [0.15, 0.2) is 0 Å². The van der Waals surface area contributed by atoms with Crippen molar-refractivity contribution in [2.24, 2.45) is 0 Å². The van der Waals surface area contributed by atoms with Crippen LogP contribution >= 0.6 is 23.2 Å². The van der Waals surface area contributed by atoms with Crippen LogP contribution < -0.4 is 0 Å². The summed E-state index contributed by atoms with van der Waals surface area (Å²) in [5.74, 6) is 0. The molecule has 118 valence electrons. The lowest BCUT2D eigenvalue weighted by Gasteiger charge is -2.34. The molecule has 1 fully saturated rings. The Bertz CT molecular complexity index is 619. The fourth-order valence-corrected chi connectivity index (χ4v) is 5.32. The lowest BCUT2D eigenvalue weighted by molar-refractivity contribution is 0.246. The third-order valence-electron chi connectivity index (χ3n) is 3.90. The summed E-state index contributed by atoms with van der Waals surface area (Å²) in [5, 5.41) is 9.64. The fraction of sp³-hybridized carbons (Fsp3) is 0.571. The molecule has 7 heteroatoms. The highest BCUT2D eigenvalue weighted by atomic mass is 35.5. The van der Waals surface area contributed by atoms with Crippen LogP contribution in [0.15, 0.2) is 17.0 Å². The number of hydrogen-bond acceptors (Lipinski definition) is 3. The summed E-state index contributed by atoms with van der Waals surface area (Å²) >= 11 is 12.0. The molecule has 4 nitrogen and oxygen atoms in total. The normalized spacial score (nSPS) is 20.7. The van der Waals surface area contributed by atoms with Gasteiger partial charge in [0.2, 0.25) is 10.0 Å². The van der Waals surface area contributed by atoms with E-state index in [1.807, 2.05) is 6.92 Å². The number of aliphatic hydroxyl groups is 1. The van der Waals surface area contributed by atoms with Crippen molar-refractivity contribution in [1.29, 1.82) is 0 Å². The Hall–Kier alpha value is -0.330. The van der Waals surface area contributed by atoms with Crippen LogP contribution in [0.2, 0.25) is 10.0 Å². The van der Waals surface area contributed by atoms with Gasteiger partial charge in [0.25, 0.3) is 0 Å². The van der Waals surface area contributed by atoms with Crippen LogP contribution in [0.5, 0.6) is 0 Å². The van der Waals surface area contributed by atoms with E-state index >= 15 is 0 Å². The van der Waals surface area contributed by atoms with Crippen molar-refractivity contribution in [3.05, 3.63) is 27.7 Å². The molecular weight excluding hydrogens is 333 g/mol. The van der Waals surface area contributed by atoms with E-state index in [0.29, 0.717) is 12.1 Å². The van der Waals surface area contributed by atoms with Gasteiger partial charge in [-0.15, -0.1) is 0 Å². The first-order valence-electron chi connectivity index (χ1n) is 7.02. The molecule has 0 aromatic heterocycles. The van der Waals surface area contributed by atoms with Gasteiger partial charge in [0.1, 0.15) is 4.90 Å². The zero-order chi connectivity index (χ0) is 15.6. The van der Waals surface area contributed by atoms with Gasteiger partial charge in [0, 0.05) is 17.6 Å². The number of rotatable bonds is 4. The average Bonchev–Trinajstić information content (AvgIpc) is 2.47. The maximum absolute atomic E-state index is 12.9. The van der Waals surface area contributed by atoms with Crippen LogP contribution in [0.4, 0.5) is 0 Å². The van der Waals surface area contributed by atoms with Crippen molar-refractivity contribution in [3.63, 3.8) is 0 Å². The molecule has 0 spiro atoms. The van der Waals surface area contributed by atoms with E-state index in [0.717, 1.165) is 25.7 Å². The molecule has 1 unspecified atom stereocenters. The maximum Gasteiger partial charge on any atom is 0.244 e. The van der Waals surface area contributed by atoms with Crippen LogP contribution in [0, 0.1) is 0 Å². The van der Waals surface area contributed by atoms with Gasteiger partial charge < -0.3 is 5.11 Å². The first-order chi connectivity index (χ1) is 9.91. The Balaban J connectivity index is 2.48. The van der Waals surface area contributed by atoms with Gasteiger partial charge in [-0.05, 0) is 37.0 Å². The van der Waals surface area contributed by atoms with Crippen molar-refractivity contribution in [2.45, 2.75) is 50.2 Å². The zero-order valence-corrected chi connectivity index (χ0v) is 14.2. The zero-order valence-electron chi connectivity index (χ0n) is 11.8. The lowest BCUT2D eigenvalue weighted by Crippen LogP contribution is -2.43. The maximum atomic E-state index is 12.9. The largest absolute Gasteiger partial charge is 0.392 e. The van der Waals surface area contributed by atoms with Gasteiger partial charge in [-0.25, -0.2) is 8.42 Å². The predicted molar refractivity (Wildman–Crippen MR) is 84.2 cm³/mol. The molecule has 0 bridgehead atoms. The van der Waals surface area contributed by atoms with Gasteiger partial charge in [0.05, 0.1) is 11.6 Å². The topological polar surface area (TPSA) is 57.6 Å². The molecule has 21 heavy (non-hydrogen) atoms. The Morgan fingerprint density at radius 3 is 2.62 bits per heavy atom. The van der Waals surface area contributed by atoms with E-state index in [-0.39, 0.29) is 27.6 Å². The number of halogens is 2. The van der Waals surface area contributed by atoms with Crippen LogP contribution in [0.3, 0.4) is 0 Å². The monoisotopic (exact) mass is 351 g/mol. The Morgan fingerprint density at radius 1 is 1.29 bits per heavy atom. The molecule has 0 aliphatic carbocycles. The highest BCUT2D eigenvalue weighted by molar-refractivity contribution is 7.89. The van der Waals surface area contributed by atoms with Crippen molar-refractivity contribution in [2.75, 3.05) is 6.54 Å². The van der Waals surface area contributed by atoms with E-state index in [4.69, 9.17) is 23.2 Å². The van der Waals surface area contributed by atoms with Crippen molar-refractivity contribution < 1.29 is 13.5 Å². The molecule has 1 atom stereocenters. The smallest absolute Gasteiger partial charge is 0.244 e. The molecule has 0 radical (unpaired) electrons. The summed E-state index contributed by atoms with van der Waals surface area (Å²) in [6.45, 7) is 2.17. The van der Waals surface area contributed by atoms with Crippen LogP contribution in [0.1, 0.15) is 38.2 Å². The molecule has 1 saturated heterocycles. The van der Waals surface area contributed by atoms with Crippen molar-refractivity contribution in [3.8, 4) is 0 Å². The van der Waals surface area contributed by atoms with Gasteiger partial charge in [-0.1, -0.05) is 36.5 Å². The fourth-order valence-electron chi connectivity index (χ4n) is 2.71. The Morgan fingerprint density at radius 2 is 2.00 bits per heavy atom. The number of sulfonamides is 1. The molecule has 1 aliphatic rings. The Kier molecular flexibility index (Phi) is 5.54. The first-order valence-corrected chi connectivity index (χ1v) is 9.22. The number of hydrogen-bond donors (Lipinski definition) is 1. The van der Waals surface area contributed by atoms with E-state index < -0.39 is 10.0 Å². The summed E-state index contributed by atoms with van der Waals surface area (Å²) in [6, 6.07) is 2.77. The average molecular weight is 352 g/mol. The lowest BCUT2D eigenvalue weighted by atomic mass is 10.0. The summed E-state index contributed by atoms with van der Waals surface area (Å²) in [4.78, 5) is 0.0259. The minimum Gasteiger partial charge on any atom is -0.392 e. The van der Waals surface area contributed by atoms with Crippen LogP contribution in [0.25, 0.3) is 0 Å². The number of nitrogens with zero attached hydrogens (tertiary/aromatic N) is 1. The number of aliphatic hydroxyl groups excluding tert-OH is 1. The second-order valence-electron chi connectivity index (χ2n) is 5.21. The summed E-state index contributed by atoms with van der Waals surface area (Å²) in [6.07, 6.45) is 3.54. The van der Waals surface area contributed by atoms with E-state index in [1.165, 1.54) is 16.4 Å². The predicted octanol–water partition coefficient (Wildman–Crippen LogP) is 3.44. The SMILES string of the molecule is CCC1CCCCN1S(=O)(=O)c1cc(CO)c(Cl)cc1Cl. The summed E-state index contributed by atoms with van der Waals surface area (Å²) < 4.78 is 27.3. The molecule has 1 aromatic carbocycles. The second kappa shape index (κ2) is 6.84. The summed E-state index contributed by atoms with van der Waals surface area (Å²) in [5.41, 5.74) is 0.365. The molecular formula is C14H19Cl2NO3S. The van der Waals surface area contributed by atoms with Gasteiger partial charge in [-0.2, -0.15) is 4.31 Å². The van der Waals surface area contributed by atoms with E-state index in [2.05, 4.69) is 0 Å². The highest BCUT2D eigenvalue weighted by Crippen LogP contribution is 2.33. The van der Waals surface area contributed by atoms with Gasteiger partial charge in [-0.3, -0.25) is 0 Å². The van der Waals surface area contributed by atoms with Crippen LogP contribution in [-0.4, -0.2) is 30.4 Å². The first kappa shape index (κ1) is 17.0.